The largest absolute Gasteiger partial charge is 0.497 e. The number of rotatable bonds is 4. The molecule has 0 amide bonds. The third-order valence-corrected chi connectivity index (χ3v) is 5.05. The van der Waals surface area contributed by atoms with Crippen LogP contribution in [0.1, 0.15) is 0 Å². The lowest BCUT2D eigenvalue weighted by Gasteiger charge is -2.15. The lowest BCUT2D eigenvalue weighted by Crippen LogP contribution is -2.15. The maximum Gasteiger partial charge on any atom is 0.274 e. The summed E-state index contributed by atoms with van der Waals surface area (Å²) < 4.78 is 34.2. The molecule has 0 saturated heterocycles. The van der Waals surface area contributed by atoms with Crippen LogP contribution in [0.15, 0.2) is 59.5 Å². The van der Waals surface area contributed by atoms with E-state index in [1.165, 1.54) is 55.8 Å². The van der Waals surface area contributed by atoms with Crippen molar-refractivity contribution >= 4 is 23.2 Å². The molecule has 0 aliphatic rings. The molecule has 0 aliphatic carbocycles. The van der Waals surface area contributed by atoms with E-state index in [2.05, 4.69) is 15.2 Å². The highest BCUT2D eigenvalue weighted by Gasteiger charge is 2.24. The number of H-pyrrole nitrogens is 1. The number of pyridine rings is 1. The van der Waals surface area contributed by atoms with Crippen LogP contribution >= 0.6 is 23.2 Å². The Kier molecular flexibility index (Phi) is 5.71. The summed E-state index contributed by atoms with van der Waals surface area (Å²) in [5.41, 5.74) is -0.0143. The van der Waals surface area contributed by atoms with E-state index in [0.29, 0.717) is 0 Å². The topological polar surface area (TPSA) is 67.9 Å². The Balaban J connectivity index is 2.16. The SMILES string of the molecule is COc1cc(F)cc(-c2c(-c3ccccc3F)n[nH]c(=O)c2-c2ncc(Cl)cc2Cl)c1. The first-order valence-corrected chi connectivity index (χ1v) is 9.68. The Morgan fingerprint density at radius 2 is 1.77 bits per heavy atom. The molecule has 0 radical (unpaired) electrons. The summed E-state index contributed by atoms with van der Waals surface area (Å²) in [5.74, 6) is -0.987. The Morgan fingerprint density at radius 1 is 1.00 bits per heavy atom. The lowest BCUT2D eigenvalue weighted by atomic mass is 9.93. The number of nitrogens with zero attached hydrogens (tertiary/aromatic N) is 2. The zero-order chi connectivity index (χ0) is 22.1. The van der Waals surface area contributed by atoms with E-state index in [1.54, 1.807) is 6.07 Å². The van der Waals surface area contributed by atoms with Gasteiger partial charge in [-0.25, -0.2) is 13.9 Å². The van der Waals surface area contributed by atoms with Crippen LogP contribution in [0.25, 0.3) is 33.6 Å². The minimum absolute atomic E-state index is 0.0115. The second kappa shape index (κ2) is 8.45. The third kappa shape index (κ3) is 4.02. The highest BCUT2D eigenvalue weighted by molar-refractivity contribution is 6.36. The van der Waals surface area contributed by atoms with Gasteiger partial charge in [0.1, 0.15) is 23.1 Å². The highest BCUT2D eigenvalue weighted by Crippen LogP contribution is 2.40. The van der Waals surface area contributed by atoms with E-state index in [-0.39, 0.29) is 49.4 Å². The van der Waals surface area contributed by atoms with Gasteiger partial charge in [0.2, 0.25) is 0 Å². The number of methoxy groups -OCH3 is 1. The molecule has 2 aromatic heterocycles. The molecule has 2 aromatic carbocycles. The average molecular weight is 460 g/mol. The van der Waals surface area contributed by atoms with Gasteiger partial charge in [0.25, 0.3) is 5.56 Å². The van der Waals surface area contributed by atoms with Crippen LogP contribution in [0.3, 0.4) is 0 Å². The Bertz CT molecular complexity index is 1360. The Hall–Kier alpha value is -3.29. The first-order chi connectivity index (χ1) is 14.9. The molecule has 0 atom stereocenters. The summed E-state index contributed by atoms with van der Waals surface area (Å²) in [6.45, 7) is 0. The maximum absolute atomic E-state index is 14.7. The second-order valence-electron chi connectivity index (χ2n) is 6.49. The van der Waals surface area contributed by atoms with Crippen LogP contribution in [0, 0.1) is 11.6 Å². The molecule has 0 spiro atoms. The number of hydrogen-bond donors (Lipinski definition) is 1. The smallest absolute Gasteiger partial charge is 0.274 e. The minimum Gasteiger partial charge on any atom is -0.497 e. The average Bonchev–Trinajstić information content (AvgIpc) is 2.74. The van der Waals surface area contributed by atoms with Crippen molar-refractivity contribution in [2.24, 2.45) is 0 Å². The molecule has 4 aromatic rings. The summed E-state index contributed by atoms with van der Waals surface area (Å²) in [6.07, 6.45) is 1.32. The second-order valence-corrected chi connectivity index (χ2v) is 7.34. The Morgan fingerprint density at radius 3 is 2.48 bits per heavy atom. The van der Waals surface area contributed by atoms with Gasteiger partial charge in [-0.15, -0.1) is 0 Å². The van der Waals surface area contributed by atoms with Crippen molar-refractivity contribution < 1.29 is 13.5 Å². The predicted molar refractivity (Wildman–Crippen MR) is 115 cm³/mol. The maximum atomic E-state index is 14.7. The molecule has 0 bridgehead atoms. The summed E-state index contributed by atoms with van der Waals surface area (Å²) in [5, 5.41) is 6.78. The van der Waals surface area contributed by atoms with Gasteiger partial charge in [-0.2, -0.15) is 5.10 Å². The van der Waals surface area contributed by atoms with E-state index in [4.69, 9.17) is 27.9 Å². The monoisotopic (exact) mass is 459 g/mol. The standard InChI is InChI=1S/C22H13Cl2F2N3O2/c1-31-14-7-11(6-13(25)9-14)18-19(21-16(24)8-12(23)10-27-21)22(30)29-28-20(18)15-4-2-3-5-17(15)26/h2-10H,1H3,(H,29,30). The zero-order valence-electron chi connectivity index (χ0n) is 15.9. The van der Waals surface area contributed by atoms with Gasteiger partial charge >= 0.3 is 0 Å². The third-order valence-electron chi connectivity index (χ3n) is 4.55. The van der Waals surface area contributed by atoms with Crippen molar-refractivity contribution in [1.82, 2.24) is 15.2 Å². The number of aromatic amines is 1. The van der Waals surface area contributed by atoms with Crippen molar-refractivity contribution in [2.75, 3.05) is 7.11 Å². The zero-order valence-corrected chi connectivity index (χ0v) is 17.4. The molecule has 1 N–H and O–H groups in total. The number of benzene rings is 2. The number of halogens is 4. The normalized spacial score (nSPS) is 10.9. The predicted octanol–water partition coefficient (Wildman–Crippen LogP) is 5.76. The molecule has 0 fully saturated rings. The first-order valence-electron chi connectivity index (χ1n) is 8.93. The molecular weight excluding hydrogens is 447 g/mol. The van der Waals surface area contributed by atoms with Crippen molar-refractivity contribution in [2.45, 2.75) is 0 Å². The van der Waals surface area contributed by atoms with Crippen LogP contribution in [0.2, 0.25) is 10.0 Å². The van der Waals surface area contributed by atoms with Gasteiger partial charge < -0.3 is 4.74 Å². The van der Waals surface area contributed by atoms with Crippen molar-refractivity contribution in [3.63, 3.8) is 0 Å². The van der Waals surface area contributed by atoms with Crippen molar-refractivity contribution in [3.05, 3.63) is 86.8 Å². The quantitative estimate of drug-likeness (QED) is 0.421. The van der Waals surface area contributed by atoms with Gasteiger partial charge in [-0.1, -0.05) is 35.3 Å². The first kappa shape index (κ1) is 21.0. The molecule has 4 rings (SSSR count). The number of nitrogens with one attached hydrogen (secondary N) is 1. The van der Waals surface area contributed by atoms with Gasteiger partial charge in [0.15, 0.2) is 0 Å². The summed E-state index contributed by atoms with van der Waals surface area (Å²) in [7, 11) is 1.38. The van der Waals surface area contributed by atoms with Crippen LogP contribution in [-0.4, -0.2) is 22.3 Å². The van der Waals surface area contributed by atoms with Crippen LogP contribution in [-0.2, 0) is 0 Å². The van der Waals surface area contributed by atoms with Crippen LogP contribution in [0.5, 0.6) is 5.75 Å². The molecule has 156 valence electrons. The van der Waals surface area contributed by atoms with Gasteiger partial charge in [-0.3, -0.25) is 9.78 Å². The van der Waals surface area contributed by atoms with Crippen molar-refractivity contribution in [1.29, 1.82) is 0 Å². The molecule has 9 heteroatoms. The van der Waals surface area contributed by atoms with Gasteiger partial charge in [0, 0.05) is 23.4 Å². The number of ether oxygens (including phenoxy) is 1. The lowest BCUT2D eigenvalue weighted by molar-refractivity contribution is 0.411. The van der Waals surface area contributed by atoms with E-state index < -0.39 is 17.2 Å². The van der Waals surface area contributed by atoms with Crippen LogP contribution < -0.4 is 10.3 Å². The minimum atomic E-state index is -0.643. The fourth-order valence-corrected chi connectivity index (χ4v) is 3.70. The summed E-state index contributed by atoms with van der Waals surface area (Å²) in [6, 6.07) is 11.2. The molecule has 31 heavy (non-hydrogen) atoms. The van der Waals surface area contributed by atoms with E-state index in [1.807, 2.05) is 0 Å². The fourth-order valence-electron chi connectivity index (χ4n) is 3.23. The van der Waals surface area contributed by atoms with E-state index >= 15 is 0 Å². The van der Waals surface area contributed by atoms with Crippen molar-refractivity contribution in [3.8, 4) is 39.4 Å². The molecular formula is C22H13Cl2F2N3O2. The van der Waals surface area contributed by atoms with E-state index in [0.717, 1.165) is 0 Å². The summed E-state index contributed by atoms with van der Waals surface area (Å²) in [4.78, 5) is 17.1. The molecule has 2 heterocycles. The van der Waals surface area contributed by atoms with Crippen LogP contribution in [0.4, 0.5) is 8.78 Å². The molecule has 5 nitrogen and oxygen atoms in total. The molecule has 0 aliphatic heterocycles. The number of hydrogen-bond acceptors (Lipinski definition) is 4. The van der Waals surface area contributed by atoms with Gasteiger partial charge in [-0.05, 0) is 35.9 Å². The number of aromatic nitrogens is 3. The molecule has 0 unspecified atom stereocenters. The highest BCUT2D eigenvalue weighted by atomic mass is 35.5. The van der Waals surface area contributed by atoms with Gasteiger partial charge in [0.05, 0.1) is 28.4 Å². The van der Waals surface area contributed by atoms with E-state index in [9.17, 15) is 13.6 Å². The Labute approximate surface area is 185 Å². The summed E-state index contributed by atoms with van der Waals surface area (Å²) >= 11 is 12.3. The fraction of sp³-hybridized carbons (Fsp3) is 0.0455. The molecule has 0 saturated carbocycles.